The maximum atomic E-state index is 13.8. The number of sulfonamides is 1. The lowest BCUT2D eigenvalue weighted by molar-refractivity contribution is -0.140. The molecule has 0 heterocycles. The third kappa shape index (κ3) is 8.46. The number of nitrogens with zero attached hydrogens (tertiary/aromatic N) is 2. The van der Waals surface area contributed by atoms with Gasteiger partial charge in [-0.2, -0.15) is 0 Å². The van der Waals surface area contributed by atoms with E-state index in [1.807, 2.05) is 6.92 Å². The Morgan fingerprint density at radius 2 is 1.70 bits per heavy atom. The minimum Gasteiger partial charge on any atom is -0.352 e. The number of halogens is 3. The Kier molecular flexibility index (Phi) is 10.9. The van der Waals surface area contributed by atoms with Crippen LogP contribution in [0, 0.1) is 3.57 Å². The molecule has 1 N–H and O–H groups in total. The average molecular weight is 680 g/mol. The molecule has 0 spiro atoms. The lowest BCUT2D eigenvalue weighted by Gasteiger charge is -2.34. The van der Waals surface area contributed by atoms with Crippen LogP contribution in [-0.2, 0) is 26.2 Å². The van der Waals surface area contributed by atoms with Crippen LogP contribution in [0.4, 0.5) is 5.69 Å². The molecule has 1 aliphatic rings. The van der Waals surface area contributed by atoms with Crippen LogP contribution in [-0.4, -0.2) is 50.0 Å². The summed E-state index contributed by atoms with van der Waals surface area (Å²) in [7, 11) is -3.78. The van der Waals surface area contributed by atoms with Gasteiger partial charge in [0, 0.05) is 16.2 Å². The third-order valence-electron chi connectivity index (χ3n) is 6.47. The number of rotatable bonds is 10. The van der Waals surface area contributed by atoms with Gasteiger partial charge in [-0.3, -0.25) is 13.9 Å². The highest BCUT2D eigenvalue weighted by atomic mass is 127. The Hall–Kier alpha value is -1.56. The van der Waals surface area contributed by atoms with Crippen molar-refractivity contribution < 1.29 is 18.0 Å². The zero-order valence-electron chi connectivity index (χ0n) is 20.9. The highest BCUT2D eigenvalue weighted by Crippen LogP contribution is 2.25. The maximum absolute atomic E-state index is 13.8. The van der Waals surface area contributed by atoms with Crippen LogP contribution in [0.25, 0.3) is 0 Å². The predicted octanol–water partition coefficient (Wildman–Crippen LogP) is 5.62. The number of hydrogen-bond donors (Lipinski definition) is 1. The van der Waals surface area contributed by atoms with E-state index in [-0.39, 0.29) is 18.5 Å². The number of nitrogens with one attached hydrogen (secondary N) is 1. The zero-order valence-corrected chi connectivity index (χ0v) is 25.4. The van der Waals surface area contributed by atoms with Crippen molar-refractivity contribution in [2.24, 2.45) is 0 Å². The molecule has 0 unspecified atom stereocenters. The standard InChI is InChI=1S/C26H32Cl2IN3O4S/c1-3-24(26(34)30-20-7-5-4-6-8-20)31(16-18-9-14-22(27)23(28)15-18)25(33)17-32(37(2,35)36)21-12-10-19(29)11-13-21/h9-15,20,24H,3-8,16-17H2,1-2H3,(H,30,34)/t24-/m0/s1. The number of carbonyl (C=O) groups excluding carboxylic acids is 2. The zero-order chi connectivity index (χ0) is 27.2. The summed E-state index contributed by atoms with van der Waals surface area (Å²) >= 11 is 14.4. The van der Waals surface area contributed by atoms with E-state index in [1.54, 1.807) is 42.5 Å². The van der Waals surface area contributed by atoms with Crippen molar-refractivity contribution in [3.63, 3.8) is 0 Å². The predicted molar refractivity (Wildman–Crippen MR) is 157 cm³/mol. The van der Waals surface area contributed by atoms with E-state index >= 15 is 0 Å². The summed E-state index contributed by atoms with van der Waals surface area (Å²) in [4.78, 5) is 28.6. The molecule has 11 heteroatoms. The van der Waals surface area contributed by atoms with Crippen molar-refractivity contribution in [3.05, 3.63) is 61.6 Å². The SMILES string of the molecule is CC[C@@H](C(=O)NC1CCCCC1)N(Cc1ccc(Cl)c(Cl)c1)C(=O)CN(c1ccc(I)cc1)S(C)(=O)=O. The highest BCUT2D eigenvalue weighted by molar-refractivity contribution is 14.1. The van der Waals surface area contributed by atoms with Crippen molar-refractivity contribution in [1.82, 2.24) is 10.2 Å². The molecule has 202 valence electrons. The topological polar surface area (TPSA) is 86.8 Å². The second kappa shape index (κ2) is 13.5. The van der Waals surface area contributed by atoms with Crippen LogP contribution >= 0.6 is 45.8 Å². The summed E-state index contributed by atoms with van der Waals surface area (Å²) < 4.78 is 27.4. The molecular weight excluding hydrogens is 648 g/mol. The van der Waals surface area contributed by atoms with Gasteiger partial charge in [-0.1, -0.05) is 55.5 Å². The van der Waals surface area contributed by atoms with Crippen LogP contribution < -0.4 is 9.62 Å². The number of benzene rings is 2. The van der Waals surface area contributed by atoms with E-state index in [2.05, 4.69) is 27.9 Å². The largest absolute Gasteiger partial charge is 0.352 e. The molecule has 0 bridgehead atoms. The van der Waals surface area contributed by atoms with Gasteiger partial charge in [0.25, 0.3) is 0 Å². The number of anilines is 1. The summed E-state index contributed by atoms with van der Waals surface area (Å²) in [6.07, 6.45) is 6.54. The lowest BCUT2D eigenvalue weighted by Crippen LogP contribution is -2.53. The van der Waals surface area contributed by atoms with Crippen LogP contribution in [0.5, 0.6) is 0 Å². The van der Waals surface area contributed by atoms with Crippen molar-refractivity contribution in [3.8, 4) is 0 Å². The van der Waals surface area contributed by atoms with Crippen LogP contribution in [0.1, 0.15) is 51.0 Å². The first-order valence-electron chi connectivity index (χ1n) is 12.3. The van der Waals surface area contributed by atoms with Gasteiger partial charge in [0.1, 0.15) is 12.6 Å². The molecule has 1 fully saturated rings. The van der Waals surface area contributed by atoms with Crippen LogP contribution in [0.3, 0.4) is 0 Å². The average Bonchev–Trinajstić information content (AvgIpc) is 2.85. The summed E-state index contributed by atoms with van der Waals surface area (Å²) in [5.74, 6) is -0.719. The summed E-state index contributed by atoms with van der Waals surface area (Å²) in [5.41, 5.74) is 1.07. The van der Waals surface area contributed by atoms with E-state index in [0.29, 0.717) is 27.7 Å². The van der Waals surface area contributed by atoms with Gasteiger partial charge < -0.3 is 10.2 Å². The molecule has 7 nitrogen and oxygen atoms in total. The minimum atomic E-state index is -3.78. The second-order valence-electron chi connectivity index (χ2n) is 9.28. The molecule has 1 aliphatic carbocycles. The molecule has 0 aromatic heterocycles. The van der Waals surface area contributed by atoms with Gasteiger partial charge >= 0.3 is 0 Å². The Bertz CT molecular complexity index is 1200. The Morgan fingerprint density at radius 1 is 1.05 bits per heavy atom. The van der Waals surface area contributed by atoms with Gasteiger partial charge in [-0.05, 0) is 83.8 Å². The molecule has 2 aromatic rings. The van der Waals surface area contributed by atoms with E-state index < -0.39 is 28.5 Å². The van der Waals surface area contributed by atoms with Gasteiger partial charge in [0.05, 0.1) is 22.0 Å². The Morgan fingerprint density at radius 3 is 2.27 bits per heavy atom. The lowest BCUT2D eigenvalue weighted by atomic mass is 9.95. The highest BCUT2D eigenvalue weighted by Gasteiger charge is 2.33. The first-order valence-corrected chi connectivity index (χ1v) is 15.9. The third-order valence-corrected chi connectivity index (χ3v) is 9.07. The number of amides is 2. The van der Waals surface area contributed by atoms with Crippen LogP contribution in [0.2, 0.25) is 10.0 Å². The number of hydrogen-bond acceptors (Lipinski definition) is 4. The van der Waals surface area contributed by atoms with E-state index in [9.17, 15) is 18.0 Å². The molecule has 1 atom stereocenters. The fourth-order valence-electron chi connectivity index (χ4n) is 4.52. The first kappa shape index (κ1) is 30.0. The van der Waals surface area contributed by atoms with Crippen molar-refractivity contribution in [2.45, 2.75) is 64.1 Å². The second-order valence-corrected chi connectivity index (χ2v) is 13.3. The molecular formula is C26H32Cl2IN3O4S. The van der Waals surface area contributed by atoms with Crippen molar-refractivity contribution >= 4 is 73.3 Å². The molecule has 1 saturated carbocycles. The summed E-state index contributed by atoms with van der Waals surface area (Å²) in [5, 5.41) is 3.84. The molecule has 37 heavy (non-hydrogen) atoms. The smallest absolute Gasteiger partial charge is 0.244 e. The molecule has 0 saturated heterocycles. The quantitative estimate of drug-likeness (QED) is 0.331. The summed E-state index contributed by atoms with van der Waals surface area (Å²) in [6, 6.07) is 11.2. The molecule has 3 rings (SSSR count). The molecule has 0 radical (unpaired) electrons. The molecule has 2 aromatic carbocycles. The van der Waals surface area contributed by atoms with E-state index in [4.69, 9.17) is 23.2 Å². The van der Waals surface area contributed by atoms with E-state index in [1.165, 1.54) is 4.90 Å². The Balaban J connectivity index is 1.92. The Labute approximate surface area is 243 Å². The van der Waals surface area contributed by atoms with Gasteiger partial charge in [0.2, 0.25) is 21.8 Å². The maximum Gasteiger partial charge on any atom is 0.244 e. The molecule has 2 amide bonds. The van der Waals surface area contributed by atoms with Gasteiger partial charge in [0.15, 0.2) is 0 Å². The monoisotopic (exact) mass is 679 g/mol. The fraction of sp³-hybridized carbons (Fsp3) is 0.462. The fourth-order valence-corrected chi connectivity index (χ4v) is 6.05. The van der Waals surface area contributed by atoms with E-state index in [0.717, 1.165) is 46.2 Å². The van der Waals surface area contributed by atoms with Crippen molar-refractivity contribution in [2.75, 3.05) is 17.1 Å². The first-order chi connectivity index (χ1) is 17.5. The van der Waals surface area contributed by atoms with Crippen molar-refractivity contribution in [1.29, 1.82) is 0 Å². The van der Waals surface area contributed by atoms with Gasteiger partial charge in [-0.25, -0.2) is 8.42 Å². The molecule has 0 aliphatic heterocycles. The van der Waals surface area contributed by atoms with Gasteiger partial charge in [-0.15, -0.1) is 0 Å². The van der Waals surface area contributed by atoms with Crippen LogP contribution in [0.15, 0.2) is 42.5 Å². The number of carbonyl (C=O) groups is 2. The normalized spacial score (nSPS) is 15.2. The summed E-state index contributed by atoms with van der Waals surface area (Å²) in [6.45, 7) is 1.48. The minimum absolute atomic E-state index is 0.0800.